The van der Waals surface area contributed by atoms with Gasteiger partial charge in [0.25, 0.3) is 5.91 Å². The second-order valence-corrected chi connectivity index (χ2v) is 5.06. The van der Waals surface area contributed by atoms with Crippen molar-refractivity contribution >= 4 is 22.6 Å². The van der Waals surface area contributed by atoms with Gasteiger partial charge in [0.15, 0.2) is 0 Å². The number of para-hydroxylation sites is 1. The Morgan fingerprint density at radius 3 is 2.65 bits per heavy atom. The van der Waals surface area contributed by atoms with Gasteiger partial charge in [-0.15, -0.1) is 0 Å². The Hall–Kier alpha value is -2.83. The van der Waals surface area contributed by atoms with Crippen LogP contribution in [0.2, 0.25) is 0 Å². The largest absolute Gasteiger partial charge is 0.418 e. The second-order valence-electron chi connectivity index (χ2n) is 5.06. The van der Waals surface area contributed by atoms with Crippen molar-refractivity contribution in [1.29, 1.82) is 0 Å². The molecule has 0 unspecified atom stereocenters. The van der Waals surface area contributed by atoms with Crippen LogP contribution in [-0.2, 0) is 13.2 Å². The van der Waals surface area contributed by atoms with E-state index in [9.17, 15) is 18.0 Å². The SMILES string of the molecule is Cn1cnc2cc(C(=O)Nc3ccccc3C(F)(F)F)ccc21. The molecular formula is C16H12F3N3O. The molecule has 2 aromatic carbocycles. The predicted octanol–water partition coefficient (Wildman–Crippen LogP) is 3.84. The molecule has 0 atom stereocenters. The summed E-state index contributed by atoms with van der Waals surface area (Å²) < 4.78 is 40.6. The highest BCUT2D eigenvalue weighted by molar-refractivity contribution is 6.06. The Bertz CT molecular complexity index is 884. The lowest BCUT2D eigenvalue weighted by Gasteiger charge is -2.13. The predicted molar refractivity (Wildman–Crippen MR) is 80.1 cm³/mol. The standard InChI is InChI=1S/C16H12F3N3O/c1-22-9-20-13-8-10(6-7-14(13)22)15(23)21-12-5-3-2-4-11(12)16(17,18)19/h2-9H,1H3,(H,21,23). The minimum Gasteiger partial charge on any atom is -0.334 e. The average molecular weight is 319 g/mol. The van der Waals surface area contributed by atoms with Gasteiger partial charge in [0, 0.05) is 12.6 Å². The van der Waals surface area contributed by atoms with Crippen molar-refractivity contribution in [3.63, 3.8) is 0 Å². The van der Waals surface area contributed by atoms with Crippen molar-refractivity contribution in [2.24, 2.45) is 7.05 Å². The topological polar surface area (TPSA) is 46.9 Å². The molecule has 1 N–H and O–H groups in total. The minimum absolute atomic E-state index is 0.244. The third-order valence-electron chi connectivity index (χ3n) is 3.47. The highest BCUT2D eigenvalue weighted by Crippen LogP contribution is 2.34. The fourth-order valence-corrected chi connectivity index (χ4v) is 2.31. The number of hydrogen-bond donors (Lipinski definition) is 1. The maximum Gasteiger partial charge on any atom is 0.418 e. The summed E-state index contributed by atoms with van der Waals surface area (Å²) in [5.41, 5.74) is 0.521. The highest BCUT2D eigenvalue weighted by atomic mass is 19.4. The molecule has 23 heavy (non-hydrogen) atoms. The summed E-state index contributed by atoms with van der Waals surface area (Å²) in [7, 11) is 1.81. The van der Waals surface area contributed by atoms with E-state index >= 15 is 0 Å². The lowest BCUT2D eigenvalue weighted by molar-refractivity contribution is -0.136. The van der Waals surface area contributed by atoms with Crippen molar-refractivity contribution in [1.82, 2.24) is 9.55 Å². The summed E-state index contributed by atoms with van der Waals surface area (Å²) in [5, 5.41) is 2.31. The van der Waals surface area contributed by atoms with Gasteiger partial charge in [0.1, 0.15) is 0 Å². The highest BCUT2D eigenvalue weighted by Gasteiger charge is 2.33. The van der Waals surface area contributed by atoms with E-state index in [-0.39, 0.29) is 11.3 Å². The van der Waals surface area contributed by atoms with Crippen LogP contribution in [0.5, 0.6) is 0 Å². The van der Waals surface area contributed by atoms with Gasteiger partial charge in [-0.25, -0.2) is 4.98 Å². The molecule has 4 nitrogen and oxygen atoms in total. The van der Waals surface area contributed by atoms with Crippen molar-refractivity contribution in [3.05, 3.63) is 59.9 Å². The van der Waals surface area contributed by atoms with E-state index in [4.69, 9.17) is 0 Å². The normalized spacial score (nSPS) is 11.7. The van der Waals surface area contributed by atoms with Crippen molar-refractivity contribution < 1.29 is 18.0 Å². The second kappa shape index (κ2) is 5.42. The molecule has 0 aliphatic carbocycles. The first-order chi connectivity index (χ1) is 10.9. The molecule has 1 aromatic heterocycles. The fourth-order valence-electron chi connectivity index (χ4n) is 2.31. The van der Waals surface area contributed by atoms with E-state index in [1.165, 1.54) is 18.2 Å². The van der Waals surface area contributed by atoms with Crippen LogP contribution in [0.1, 0.15) is 15.9 Å². The molecule has 118 valence electrons. The first-order valence-electron chi connectivity index (χ1n) is 6.75. The Labute approximate surface area is 129 Å². The molecule has 0 bridgehead atoms. The van der Waals surface area contributed by atoms with Gasteiger partial charge >= 0.3 is 6.18 Å². The summed E-state index contributed by atoms with van der Waals surface area (Å²) in [4.78, 5) is 16.4. The van der Waals surface area contributed by atoms with E-state index < -0.39 is 17.6 Å². The van der Waals surface area contributed by atoms with Crippen LogP contribution in [0.4, 0.5) is 18.9 Å². The molecule has 0 spiro atoms. The lowest BCUT2D eigenvalue weighted by atomic mass is 10.1. The maximum absolute atomic E-state index is 12.9. The van der Waals surface area contributed by atoms with Gasteiger partial charge < -0.3 is 9.88 Å². The number of anilines is 1. The first kappa shape index (κ1) is 15.1. The number of rotatable bonds is 2. The van der Waals surface area contributed by atoms with Crippen LogP contribution in [-0.4, -0.2) is 15.5 Å². The number of imidazole rings is 1. The molecule has 7 heteroatoms. The Balaban J connectivity index is 1.92. The van der Waals surface area contributed by atoms with Crippen LogP contribution in [0, 0.1) is 0 Å². The molecule has 3 aromatic rings. The molecule has 1 amide bonds. The Morgan fingerprint density at radius 1 is 1.17 bits per heavy atom. The number of halogens is 3. The van der Waals surface area contributed by atoms with E-state index in [0.717, 1.165) is 11.6 Å². The molecule has 0 saturated heterocycles. The third kappa shape index (κ3) is 2.90. The summed E-state index contributed by atoms with van der Waals surface area (Å²) in [6.45, 7) is 0. The number of carbonyl (C=O) groups is 1. The van der Waals surface area contributed by atoms with E-state index in [1.54, 1.807) is 29.1 Å². The Morgan fingerprint density at radius 2 is 1.91 bits per heavy atom. The number of carbonyl (C=O) groups excluding carboxylic acids is 1. The number of fused-ring (bicyclic) bond motifs is 1. The molecule has 0 fully saturated rings. The fraction of sp³-hybridized carbons (Fsp3) is 0.125. The number of aryl methyl sites for hydroxylation is 1. The molecule has 0 aliphatic heterocycles. The van der Waals surface area contributed by atoms with Gasteiger partial charge in [0.05, 0.1) is 28.6 Å². The van der Waals surface area contributed by atoms with Crippen molar-refractivity contribution in [2.75, 3.05) is 5.32 Å². The van der Waals surface area contributed by atoms with Crippen molar-refractivity contribution in [2.45, 2.75) is 6.18 Å². The zero-order valence-electron chi connectivity index (χ0n) is 12.1. The zero-order chi connectivity index (χ0) is 16.6. The number of nitrogens with one attached hydrogen (secondary N) is 1. The smallest absolute Gasteiger partial charge is 0.334 e. The van der Waals surface area contributed by atoms with Crippen molar-refractivity contribution in [3.8, 4) is 0 Å². The summed E-state index contributed by atoms with van der Waals surface area (Å²) in [6.07, 6.45) is -2.93. The average Bonchev–Trinajstić information content (AvgIpc) is 2.87. The number of aromatic nitrogens is 2. The Kier molecular flexibility index (Phi) is 3.55. The van der Waals surface area contributed by atoms with Gasteiger partial charge in [-0.1, -0.05) is 12.1 Å². The minimum atomic E-state index is -4.53. The zero-order valence-corrected chi connectivity index (χ0v) is 12.1. The van der Waals surface area contributed by atoms with E-state index in [0.29, 0.717) is 5.52 Å². The number of nitrogens with zero attached hydrogens (tertiary/aromatic N) is 2. The summed E-state index contributed by atoms with van der Waals surface area (Å²) >= 11 is 0. The number of benzene rings is 2. The van der Waals surface area contributed by atoms with Crippen LogP contribution in [0.25, 0.3) is 11.0 Å². The number of amides is 1. The maximum atomic E-state index is 12.9. The molecular weight excluding hydrogens is 307 g/mol. The molecule has 0 radical (unpaired) electrons. The lowest BCUT2D eigenvalue weighted by Crippen LogP contribution is -2.16. The number of hydrogen-bond acceptors (Lipinski definition) is 2. The van der Waals surface area contributed by atoms with Crippen LogP contribution < -0.4 is 5.32 Å². The van der Waals surface area contributed by atoms with Gasteiger partial charge in [-0.3, -0.25) is 4.79 Å². The third-order valence-corrected chi connectivity index (χ3v) is 3.47. The monoisotopic (exact) mass is 319 g/mol. The molecule has 1 heterocycles. The molecule has 0 saturated carbocycles. The van der Waals surface area contributed by atoms with E-state index in [2.05, 4.69) is 10.3 Å². The van der Waals surface area contributed by atoms with Gasteiger partial charge in [-0.05, 0) is 30.3 Å². The van der Waals surface area contributed by atoms with Crippen LogP contribution in [0.3, 0.4) is 0 Å². The molecule has 0 aliphatic rings. The number of alkyl halides is 3. The molecule has 3 rings (SSSR count). The summed E-state index contributed by atoms with van der Waals surface area (Å²) in [6, 6.07) is 9.66. The summed E-state index contributed by atoms with van der Waals surface area (Å²) in [5.74, 6) is -0.616. The van der Waals surface area contributed by atoms with Crippen LogP contribution >= 0.6 is 0 Å². The van der Waals surface area contributed by atoms with Gasteiger partial charge in [-0.2, -0.15) is 13.2 Å². The van der Waals surface area contributed by atoms with Gasteiger partial charge in [0.2, 0.25) is 0 Å². The van der Waals surface area contributed by atoms with Crippen LogP contribution in [0.15, 0.2) is 48.8 Å². The van der Waals surface area contributed by atoms with E-state index in [1.807, 2.05) is 7.05 Å². The quantitative estimate of drug-likeness (QED) is 0.780. The first-order valence-corrected chi connectivity index (χ1v) is 6.75.